The van der Waals surface area contributed by atoms with Gasteiger partial charge in [0.05, 0.1) is 35.1 Å². The Hall–Kier alpha value is -1.56. The minimum absolute atomic E-state index is 0.139. The van der Waals surface area contributed by atoms with Crippen LogP contribution in [0.4, 0.5) is 0 Å². The molecule has 1 aromatic heterocycles. The number of likely N-dealkylation sites (tertiary alicyclic amines) is 1. The fourth-order valence-electron chi connectivity index (χ4n) is 3.13. The van der Waals surface area contributed by atoms with E-state index in [0.29, 0.717) is 0 Å². The molecule has 0 amide bonds. The second-order valence-electron chi connectivity index (χ2n) is 6.11. The van der Waals surface area contributed by atoms with Crippen LogP contribution in [0.2, 0.25) is 0 Å². The van der Waals surface area contributed by atoms with Gasteiger partial charge in [0.15, 0.2) is 0 Å². The van der Waals surface area contributed by atoms with E-state index in [2.05, 4.69) is 9.88 Å². The molecule has 0 aliphatic carbocycles. The van der Waals surface area contributed by atoms with Gasteiger partial charge in [-0.05, 0) is 50.9 Å². The molecule has 1 aliphatic rings. The molecule has 118 valence electrons. The Bertz CT molecular complexity index is 639. The summed E-state index contributed by atoms with van der Waals surface area (Å²) in [5.41, 5.74) is 3.89. The van der Waals surface area contributed by atoms with Crippen LogP contribution in [-0.4, -0.2) is 50.9 Å². The van der Waals surface area contributed by atoms with Crippen LogP contribution in [-0.2, 0) is 6.54 Å². The van der Waals surface area contributed by atoms with E-state index in [4.69, 9.17) is 10.1 Å². The number of fused-ring (bicyclic) bond motifs is 1. The minimum Gasteiger partial charge on any atom is -0.394 e. The molecule has 22 heavy (non-hydrogen) atoms. The number of hydrogen-bond donors (Lipinski definition) is 2. The summed E-state index contributed by atoms with van der Waals surface area (Å²) < 4.78 is 0. The first-order valence-electron chi connectivity index (χ1n) is 7.91. The summed E-state index contributed by atoms with van der Waals surface area (Å²) >= 11 is 0. The summed E-state index contributed by atoms with van der Waals surface area (Å²) in [5.74, 6) is 0.213. The Kier molecular flexibility index (Phi) is 4.66. The molecule has 1 atom stereocenters. The average molecular weight is 301 g/mol. The lowest BCUT2D eigenvalue weighted by molar-refractivity contribution is 0.0170. The number of aliphatic hydroxyl groups is 2. The molecule has 1 unspecified atom stereocenters. The molecule has 2 heterocycles. The smallest absolute Gasteiger partial charge is 0.0890 e. The molecule has 0 radical (unpaired) electrons. The van der Waals surface area contributed by atoms with Crippen LogP contribution in [0.15, 0.2) is 24.3 Å². The van der Waals surface area contributed by atoms with Crippen LogP contribution in [0.1, 0.15) is 24.2 Å². The first-order valence-corrected chi connectivity index (χ1v) is 7.91. The van der Waals surface area contributed by atoms with Crippen molar-refractivity contribution in [1.29, 1.82) is 0 Å². The lowest BCUT2D eigenvalue weighted by Gasteiger charge is -2.33. The average Bonchev–Trinajstić information content (AvgIpc) is 2.55. The van der Waals surface area contributed by atoms with Crippen LogP contribution in [0.3, 0.4) is 0 Å². The van der Waals surface area contributed by atoms with Crippen molar-refractivity contribution in [1.82, 2.24) is 14.9 Å². The summed E-state index contributed by atoms with van der Waals surface area (Å²) in [5, 5.41) is 18.8. The van der Waals surface area contributed by atoms with E-state index in [1.165, 1.54) is 0 Å². The Morgan fingerprint density at radius 1 is 1.18 bits per heavy atom. The standard InChI is InChI=1S/C17H23N3O2/c1-12-16(19-15-5-3-2-4-14(15)18-12)10-20-8-6-13(7-9-20)17(22)11-21/h2-5,13,17,21-22H,6-11H2,1H3. The highest BCUT2D eigenvalue weighted by atomic mass is 16.3. The Morgan fingerprint density at radius 3 is 2.45 bits per heavy atom. The third kappa shape index (κ3) is 3.27. The Labute approximate surface area is 130 Å². The van der Waals surface area contributed by atoms with E-state index in [1.54, 1.807) is 0 Å². The molecule has 2 aromatic rings. The molecule has 0 spiro atoms. The van der Waals surface area contributed by atoms with E-state index in [0.717, 1.165) is 54.9 Å². The van der Waals surface area contributed by atoms with Gasteiger partial charge in [0.25, 0.3) is 0 Å². The molecule has 5 nitrogen and oxygen atoms in total. The van der Waals surface area contributed by atoms with Gasteiger partial charge in [0.2, 0.25) is 0 Å². The van der Waals surface area contributed by atoms with E-state index in [1.807, 2.05) is 31.2 Å². The number of nitrogens with zero attached hydrogens (tertiary/aromatic N) is 3. The minimum atomic E-state index is -0.579. The van der Waals surface area contributed by atoms with Gasteiger partial charge in [-0.1, -0.05) is 12.1 Å². The Balaban J connectivity index is 1.68. The van der Waals surface area contributed by atoms with Gasteiger partial charge in [-0.15, -0.1) is 0 Å². The highest BCUT2D eigenvalue weighted by Gasteiger charge is 2.25. The molecular weight excluding hydrogens is 278 g/mol. The first kappa shape index (κ1) is 15.3. The second-order valence-corrected chi connectivity index (χ2v) is 6.11. The predicted octanol–water partition coefficient (Wildman–Crippen LogP) is 1.50. The summed E-state index contributed by atoms with van der Waals surface area (Å²) in [6.45, 7) is 4.52. The third-order valence-electron chi connectivity index (χ3n) is 4.58. The summed E-state index contributed by atoms with van der Waals surface area (Å²) in [4.78, 5) is 11.7. The van der Waals surface area contributed by atoms with Gasteiger partial charge in [-0.25, -0.2) is 9.97 Å². The van der Waals surface area contributed by atoms with Crippen molar-refractivity contribution >= 4 is 11.0 Å². The maximum Gasteiger partial charge on any atom is 0.0890 e. The van der Waals surface area contributed by atoms with Crippen LogP contribution in [0.25, 0.3) is 11.0 Å². The molecule has 1 fully saturated rings. The van der Waals surface area contributed by atoms with Crippen LogP contribution in [0, 0.1) is 12.8 Å². The summed E-state index contributed by atoms with van der Waals surface area (Å²) in [6.07, 6.45) is 1.26. The number of aromatic nitrogens is 2. The fraction of sp³-hybridized carbons (Fsp3) is 0.529. The second kappa shape index (κ2) is 6.69. The number of aryl methyl sites for hydroxylation is 1. The van der Waals surface area contributed by atoms with Gasteiger partial charge in [0.1, 0.15) is 0 Å². The van der Waals surface area contributed by atoms with E-state index in [-0.39, 0.29) is 12.5 Å². The lowest BCUT2D eigenvalue weighted by Crippen LogP contribution is -2.38. The highest BCUT2D eigenvalue weighted by Crippen LogP contribution is 2.22. The maximum absolute atomic E-state index is 9.73. The molecular formula is C17H23N3O2. The van der Waals surface area contributed by atoms with E-state index < -0.39 is 6.10 Å². The molecule has 0 saturated carbocycles. The predicted molar refractivity (Wildman–Crippen MR) is 85.4 cm³/mol. The van der Waals surface area contributed by atoms with Crippen LogP contribution < -0.4 is 0 Å². The van der Waals surface area contributed by atoms with Crippen LogP contribution in [0.5, 0.6) is 0 Å². The quantitative estimate of drug-likeness (QED) is 0.896. The zero-order valence-electron chi connectivity index (χ0n) is 12.9. The largest absolute Gasteiger partial charge is 0.394 e. The monoisotopic (exact) mass is 301 g/mol. The fourth-order valence-corrected chi connectivity index (χ4v) is 3.13. The SMILES string of the molecule is Cc1nc2ccccc2nc1CN1CCC(C(O)CO)CC1. The molecule has 1 aliphatic heterocycles. The first-order chi connectivity index (χ1) is 10.7. The van der Waals surface area contributed by atoms with Crippen molar-refractivity contribution < 1.29 is 10.2 Å². The number of aliphatic hydroxyl groups excluding tert-OH is 2. The van der Waals surface area contributed by atoms with Gasteiger partial charge in [-0.3, -0.25) is 4.90 Å². The van der Waals surface area contributed by atoms with Crippen molar-refractivity contribution in [2.45, 2.75) is 32.4 Å². The molecule has 2 N–H and O–H groups in total. The molecule has 0 bridgehead atoms. The molecule has 1 aromatic carbocycles. The molecule has 3 rings (SSSR count). The van der Waals surface area contributed by atoms with Gasteiger partial charge < -0.3 is 10.2 Å². The number of piperidine rings is 1. The third-order valence-corrected chi connectivity index (χ3v) is 4.58. The normalized spacial score (nSPS) is 18.7. The van der Waals surface area contributed by atoms with Crippen LogP contribution >= 0.6 is 0 Å². The summed E-state index contributed by atoms with van der Waals surface area (Å²) in [6, 6.07) is 7.95. The summed E-state index contributed by atoms with van der Waals surface area (Å²) in [7, 11) is 0. The van der Waals surface area contributed by atoms with E-state index >= 15 is 0 Å². The van der Waals surface area contributed by atoms with Crippen molar-refractivity contribution in [3.05, 3.63) is 35.7 Å². The number of hydrogen-bond acceptors (Lipinski definition) is 5. The zero-order chi connectivity index (χ0) is 15.5. The Morgan fingerprint density at radius 2 is 1.82 bits per heavy atom. The van der Waals surface area contributed by atoms with Crippen molar-refractivity contribution in [3.63, 3.8) is 0 Å². The lowest BCUT2D eigenvalue weighted by atomic mass is 9.91. The highest BCUT2D eigenvalue weighted by molar-refractivity contribution is 5.74. The number of rotatable bonds is 4. The van der Waals surface area contributed by atoms with Gasteiger partial charge >= 0.3 is 0 Å². The maximum atomic E-state index is 9.73. The number of para-hydroxylation sites is 2. The van der Waals surface area contributed by atoms with Gasteiger partial charge in [0, 0.05) is 6.54 Å². The van der Waals surface area contributed by atoms with Crippen molar-refractivity contribution in [2.24, 2.45) is 5.92 Å². The topological polar surface area (TPSA) is 69.5 Å². The van der Waals surface area contributed by atoms with Crippen molar-refractivity contribution in [2.75, 3.05) is 19.7 Å². The van der Waals surface area contributed by atoms with Gasteiger partial charge in [-0.2, -0.15) is 0 Å². The molecule has 1 saturated heterocycles. The van der Waals surface area contributed by atoms with Crippen molar-refractivity contribution in [3.8, 4) is 0 Å². The molecule has 5 heteroatoms. The number of benzene rings is 1. The zero-order valence-corrected chi connectivity index (χ0v) is 12.9. The van der Waals surface area contributed by atoms with E-state index in [9.17, 15) is 5.11 Å².